The summed E-state index contributed by atoms with van der Waals surface area (Å²) in [6.45, 7) is 3.12. The number of sulfonamides is 1. The number of fused-ring (bicyclic) bond motifs is 1. The van der Waals surface area contributed by atoms with Crippen molar-refractivity contribution in [3.63, 3.8) is 0 Å². The summed E-state index contributed by atoms with van der Waals surface area (Å²) in [7, 11) is -3.57. The third kappa shape index (κ3) is 4.32. The molecule has 0 unspecified atom stereocenters. The molecule has 0 bridgehead atoms. The molecule has 1 aliphatic heterocycles. The number of nitrogens with zero attached hydrogens (tertiary/aromatic N) is 4. The van der Waals surface area contributed by atoms with Crippen LogP contribution in [0.5, 0.6) is 0 Å². The van der Waals surface area contributed by atoms with Gasteiger partial charge in [0.1, 0.15) is 9.88 Å². The normalized spacial score (nSPS) is 17.1. The maximum absolute atomic E-state index is 13.2. The number of rotatable bonds is 4. The van der Waals surface area contributed by atoms with Gasteiger partial charge in [0.2, 0.25) is 10.0 Å². The first-order valence-electron chi connectivity index (χ1n) is 11.2. The molecule has 0 atom stereocenters. The van der Waals surface area contributed by atoms with Gasteiger partial charge in [-0.1, -0.05) is 12.1 Å². The van der Waals surface area contributed by atoms with Crippen molar-refractivity contribution < 1.29 is 13.2 Å². The second kappa shape index (κ2) is 8.96. The fraction of sp³-hybridized carbons (Fsp3) is 0.375. The van der Waals surface area contributed by atoms with Crippen LogP contribution in [0.2, 0.25) is 0 Å². The molecule has 5 rings (SSSR count). The quantitative estimate of drug-likeness (QED) is 0.568. The minimum Gasteiger partial charge on any atom is -0.335 e. The summed E-state index contributed by atoms with van der Waals surface area (Å²) in [5, 5.41) is 0.713. The molecule has 1 fully saturated rings. The Hall–Kier alpha value is -2.62. The fourth-order valence-corrected chi connectivity index (χ4v) is 6.97. The molecule has 0 spiro atoms. The lowest BCUT2D eigenvalue weighted by atomic mass is 9.92. The molecule has 0 N–H and O–H groups in total. The van der Waals surface area contributed by atoms with Gasteiger partial charge in [-0.15, -0.1) is 11.3 Å². The van der Waals surface area contributed by atoms with E-state index in [0.29, 0.717) is 33.6 Å². The number of carbonyl (C=O) groups excluding carboxylic acids is 1. The van der Waals surface area contributed by atoms with Gasteiger partial charge in [-0.3, -0.25) is 9.78 Å². The van der Waals surface area contributed by atoms with E-state index in [0.717, 1.165) is 36.9 Å². The number of amides is 1. The topological polar surface area (TPSA) is 83.5 Å². The molecule has 2 aliphatic rings. The highest BCUT2D eigenvalue weighted by atomic mass is 32.2. The van der Waals surface area contributed by atoms with E-state index in [-0.39, 0.29) is 19.0 Å². The van der Waals surface area contributed by atoms with E-state index in [2.05, 4.69) is 9.97 Å². The van der Waals surface area contributed by atoms with E-state index in [4.69, 9.17) is 0 Å². The lowest BCUT2D eigenvalue weighted by Crippen LogP contribution is -2.50. The maximum atomic E-state index is 13.2. The van der Waals surface area contributed by atoms with Crippen LogP contribution in [0.15, 0.2) is 47.5 Å². The van der Waals surface area contributed by atoms with Crippen LogP contribution in [0.25, 0.3) is 10.7 Å². The summed E-state index contributed by atoms with van der Waals surface area (Å²) in [4.78, 5) is 24.7. The number of thiazole rings is 1. The van der Waals surface area contributed by atoms with Crippen molar-refractivity contribution in [2.24, 2.45) is 0 Å². The van der Waals surface area contributed by atoms with Crippen LogP contribution < -0.4 is 0 Å². The number of pyridine rings is 1. The van der Waals surface area contributed by atoms with Gasteiger partial charge in [0.05, 0.1) is 16.3 Å². The van der Waals surface area contributed by atoms with Crippen LogP contribution in [-0.2, 0) is 22.9 Å². The molecule has 7 nitrogen and oxygen atoms in total. The minimum atomic E-state index is -3.57. The van der Waals surface area contributed by atoms with Crippen LogP contribution >= 0.6 is 11.3 Å². The van der Waals surface area contributed by atoms with Crippen LogP contribution in [0.3, 0.4) is 0 Å². The van der Waals surface area contributed by atoms with Crippen molar-refractivity contribution in [2.45, 2.75) is 37.5 Å². The standard InChI is InChI=1S/C24H26N4O3S2/c1-17-22(32-23(26-17)21-8-4-5-11-25-21)24(29)27-12-14-28(15-13-27)33(30,31)20-10-9-18-6-2-3-7-19(18)16-20/h4-5,8-11,16H,2-3,6-7,12-15H2,1H3. The van der Waals surface area contributed by atoms with Gasteiger partial charge in [-0.2, -0.15) is 4.31 Å². The maximum Gasteiger partial charge on any atom is 0.265 e. The smallest absolute Gasteiger partial charge is 0.265 e. The molecular formula is C24H26N4O3S2. The molecule has 1 saturated heterocycles. The Morgan fingerprint density at radius 3 is 2.48 bits per heavy atom. The molecule has 1 amide bonds. The summed E-state index contributed by atoms with van der Waals surface area (Å²) in [5.74, 6) is -0.0991. The number of carbonyl (C=O) groups is 1. The Morgan fingerprint density at radius 1 is 1.00 bits per heavy atom. The van der Waals surface area contributed by atoms with Gasteiger partial charge >= 0.3 is 0 Å². The van der Waals surface area contributed by atoms with Crippen LogP contribution in [0, 0.1) is 6.92 Å². The lowest BCUT2D eigenvalue weighted by Gasteiger charge is -2.34. The zero-order valence-corrected chi connectivity index (χ0v) is 20.2. The van der Waals surface area contributed by atoms with Gasteiger partial charge in [-0.25, -0.2) is 13.4 Å². The van der Waals surface area contributed by atoms with Crippen molar-refractivity contribution in [3.8, 4) is 10.7 Å². The van der Waals surface area contributed by atoms with Crippen molar-refractivity contribution >= 4 is 27.3 Å². The molecule has 0 saturated carbocycles. The third-order valence-electron chi connectivity index (χ3n) is 6.36. The molecule has 2 aromatic heterocycles. The second-order valence-corrected chi connectivity index (χ2v) is 11.4. The minimum absolute atomic E-state index is 0.0991. The van der Waals surface area contributed by atoms with Crippen molar-refractivity contribution in [3.05, 3.63) is 64.3 Å². The van der Waals surface area contributed by atoms with Gasteiger partial charge in [-0.05, 0) is 68.0 Å². The van der Waals surface area contributed by atoms with Crippen LogP contribution in [-0.4, -0.2) is 59.7 Å². The number of benzene rings is 1. The molecule has 1 aromatic carbocycles. The summed E-state index contributed by atoms with van der Waals surface area (Å²) >= 11 is 1.33. The predicted octanol–water partition coefficient (Wildman–Crippen LogP) is 3.54. The van der Waals surface area contributed by atoms with Crippen molar-refractivity contribution in [1.82, 2.24) is 19.2 Å². The Morgan fingerprint density at radius 2 is 1.76 bits per heavy atom. The number of piperazine rings is 1. The van der Waals surface area contributed by atoms with E-state index in [1.165, 1.54) is 21.2 Å². The highest BCUT2D eigenvalue weighted by Gasteiger charge is 2.32. The molecule has 0 radical (unpaired) electrons. The molecular weight excluding hydrogens is 456 g/mol. The van der Waals surface area contributed by atoms with Gasteiger partial charge < -0.3 is 4.90 Å². The average Bonchev–Trinajstić information content (AvgIpc) is 3.25. The lowest BCUT2D eigenvalue weighted by molar-refractivity contribution is 0.0702. The number of hydrogen-bond acceptors (Lipinski definition) is 6. The first kappa shape index (κ1) is 22.2. The van der Waals surface area contributed by atoms with E-state index in [1.54, 1.807) is 17.2 Å². The summed E-state index contributed by atoms with van der Waals surface area (Å²) in [6.07, 6.45) is 5.94. The van der Waals surface area contributed by atoms with E-state index in [1.807, 2.05) is 37.3 Å². The van der Waals surface area contributed by atoms with Gasteiger partial charge in [0.15, 0.2) is 0 Å². The largest absolute Gasteiger partial charge is 0.335 e. The molecule has 3 heterocycles. The third-order valence-corrected chi connectivity index (χ3v) is 9.42. The SMILES string of the molecule is Cc1nc(-c2ccccn2)sc1C(=O)N1CCN(S(=O)(=O)c2ccc3c(c2)CCCC3)CC1. The monoisotopic (exact) mass is 482 g/mol. The fourth-order valence-electron chi connectivity index (χ4n) is 4.49. The zero-order chi connectivity index (χ0) is 23.0. The summed E-state index contributed by atoms with van der Waals surface area (Å²) < 4.78 is 28.0. The molecule has 172 valence electrons. The first-order valence-corrected chi connectivity index (χ1v) is 13.5. The zero-order valence-electron chi connectivity index (χ0n) is 18.5. The Kier molecular flexibility index (Phi) is 6.03. The Labute approximate surface area is 198 Å². The van der Waals surface area contributed by atoms with Gasteiger partial charge in [0, 0.05) is 32.4 Å². The van der Waals surface area contributed by atoms with Crippen molar-refractivity contribution in [1.29, 1.82) is 0 Å². The molecule has 33 heavy (non-hydrogen) atoms. The second-order valence-electron chi connectivity index (χ2n) is 8.48. The van der Waals surface area contributed by atoms with Crippen LogP contribution in [0.4, 0.5) is 0 Å². The Balaban J connectivity index is 1.28. The van der Waals surface area contributed by atoms with Crippen molar-refractivity contribution in [2.75, 3.05) is 26.2 Å². The van der Waals surface area contributed by atoms with E-state index in [9.17, 15) is 13.2 Å². The first-order chi connectivity index (χ1) is 15.9. The average molecular weight is 483 g/mol. The summed E-state index contributed by atoms with van der Waals surface area (Å²) in [5.41, 5.74) is 3.83. The highest BCUT2D eigenvalue weighted by molar-refractivity contribution is 7.89. The highest BCUT2D eigenvalue weighted by Crippen LogP contribution is 2.29. The molecule has 9 heteroatoms. The molecule has 1 aliphatic carbocycles. The molecule has 3 aromatic rings. The number of aromatic nitrogens is 2. The van der Waals surface area contributed by atoms with Gasteiger partial charge in [0.25, 0.3) is 5.91 Å². The Bertz CT molecular complexity index is 1280. The van der Waals surface area contributed by atoms with E-state index < -0.39 is 10.0 Å². The van der Waals surface area contributed by atoms with Crippen LogP contribution in [0.1, 0.15) is 39.3 Å². The number of hydrogen-bond donors (Lipinski definition) is 0. The summed E-state index contributed by atoms with van der Waals surface area (Å²) in [6, 6.07) is 11.2. The number of aryl methyl sites for hydroxylation is 3. The predicted molar refractivity (Wildman–Crippen MR) is 128 cm³/mol. The van der Waals surface area contributed by atoms with E-state index >= 15 is 0 Å².